The van der Waals surface area contributed by atoms with Gasteiger partial charge in [-0.25, -0.2) is 13.2 Å². The molecule has 0 saturated carbocycles. The summed E-state index contributed by atoms with van der Waals surface area (Å²) in [5.41, 5.74) is -0.219. The van der Waals surface area contributed by atoms with Crippen molar-refractivity contribution >= 4 is 37.6 Å². The minimum absolute atomic E-state index is 0.219. The molecular weight excluding hydrogens is 352 g/mol. The van der Waals surface area contributed by atoms with Gasteiger partial charge in [0.05, 0.1) is 16.5 Å². The Morgan fingerprint density at radius 3 is 2.60 bits per heavy atom. The van der Waals surface area contributed by atoms with Gasteiger partial charge in [-0.3, -0.25) is 4.79 Å². The third-order valence-corrected chi connectivity index (χ3v) is 4.52. The Morgan fingerprint density at radius 2 is 2.05 bits per heavy atom. The summed E-state index contributed by atoms with van der Waals surface area (Å²) < 4.78 is 24.1. The fourth-order valence-electron chi connectivity index (χ4n) is 1.31. The molecule has 1 rings (SSSR count). The summed E-state index contributed by atoms with van der Waals surface area (Å²) in [6, 6.07) is 5.10. The Labute approximate surface area is 123 Å². The number of rotatable bonds is 5. The lowest BCUT2D eigenvalue weighted by atomic mass is 10.2. The van der Waals surface area contributed by atoms with Gasteiger partial charge in [-0.1, -0.05) is 0 Å². The predicted molar refractivity (Wildman–Crippen MR) is 71.8 cm³/mol. The van der Waals surface area contributed by atoms with Crippen LogP contribution in [0.5, 0.6) is 0 Å². The van der Waals surface area contributed by atoms with Crippen molar-refractivity contribution in [2.75, 3.05) is 12.3 Å². The highest BCUT2D eigenvalue weighted by Gasteiger charge is 2.21. The zero-order valence-electron chi connectivity index (χ0n) is 9.96. The average Bonchev–Trinajstić information content (AvgIpc) is 2.35. The molecule has 1 aromatic carbocycles. The number of carbonyl (C=O) groups is 2. The molecule has 106 valence electrons. The average molecular weight is 361 g/mol. The van der Waals surface area contributed by atoms with Crippen LogP contribution in [0.1, 0.15) is 10.4 Å². The van der Waals surface area contributed by atoms with Crippen molar-refractivity contribution in [3.05, 3.63) is 28.2 Å². The van der Waals surface area contributed by atoms with Crippen LogP contribution in [0.3, 0.4) is 0 Å². The second-order valence-corrected chi connectivity index (χ2v) is 6.48. The van der Waals surface area contributed by atoms with Crippen LogP contribution >= 0.6 is 15.9 Å². The fourth-order valence-corrected chi connectivity index (χ4v) is 2.91. The van der Waals surface area contributed by atoms with Gasteiger partial charge in [0.2, 0.25) is 5.91 Å². The molecule has 0 unspecified atom stereocenters. The van der Waals surface area contributed by atoms with Crippen LogP contribution < -0.4 is 5.32 Å². The first kappa shape index (κ1) is 16.1. The van der Waals surface area contributed by atoms with Crippen LogP contribution in [-0.4, -0.2) is 37.7 Å². The van der Waals surface area contributed by atoms with E-state index in [0.717, 1.165) is 6.07 Å². The zero-order valence-corrected chi connectivity index (χ0v) is 12.4. The standard InChI is InChI=1S/C11H9BrN2O5S/c12-9-2-1-7(5-8(9)11(16)17)20(18,19)6-10(15)14-4-3-13/h1-2,5H,4,6H2,(H,14,15)(H,16,17). The van der Waals surface area contributed by atoms with E-state index in [2.05, 4.69) is 21.2 Å². The number of amides is 1. The molecule has 0 aromatic heterocycles. The first-order chi connectivity index (χ1) is 9.27. The Morgan fingerprint density at radius 1 is 1.40 bits per heavy atom. The number of nitriles is 1. The number of carboxylic acid groups (broad SMARTS) is 1. The molecule has 0 aliphatic carbocycles. The van der Waals surface area contributed by atoms with E-state index in [4.69, 9.17) is 10.4 Å². The van der Waals surface area contributed by atoms with Crippen molar-refractivity contribution in [3.63, 3.8) is 0 Å². The normalized spacial score (nSPS) is 10.6. The number of carboxylic acids is 1. The number of halogens is 1. The van der Waals surface area contributed by atoms with Gasteiger partial charge in [0.1, 0.15) is 12.3 Å². The summed E-state index contributed by atoms with van der Waals surface area (Å²) in [4.78, 5) is 22.0. The smallest absolute Gasteiger partial charge is 0.336 e. The quantitative estimate of drug-likeness (QED) is 0.739. The minimum Gasteiger partial charge on any atom is -0.478 e. The van der Waals surface area contributed by atoms with Crippen LogP contribution in [0.15, 0.2) is 27.6 Å². The Kier molecular flexibility index (Phi) is 5.24. The molecule has 0 fully saturated rings. The molecule has 0 spiro atoms. The van der Waals surface area contributed by atoms with E-state index < -0.39 is 27.5 Å². The lowest BCUT2D eigenvalue weighted by Crippen LogP contribution is -2.30. The molecule has 1 aromatic rings. The minimum atomic E-state index is -3.97. The van der Waals surface area contributed by atoms with E-state index in [1.54, 1.807) is 6.07 Å². The van der Waals surface area contributed by atoms with Gasteiger partial charge in [0, 0.05) is 4.47 Å². The second-order valence-electron chi connectivity index (χ2n) is 3.64. The Hall–Kier alpha value is -1.92. The number of nitrogens with zero attached hydrogens (tertiary/aromatic N) is 1. The molecule has 9 heteroatoms. The topological polar surface area (TPSA) is 124 Å². The van der Waals surface area contributed by atoms with E-state index in [1.165, 1.54) is 12.1 Å². The maximum atomic E-state index is 11.9. The van der Waals surface area contributed by atoms with E-state index in [9.17, 15) is 18.0 Å². The number of nitrogens with one attached hydrogen (secondary N) is 1. The highest BCUT2D eigenvalue weighted by molar-refractivity contribution is 9.10. The molecule has 1 amide bonds. The lowest BCUT2D eigenvalue weighted by Gasteiger charge is -2.06. The largest absolute Gasteiger partial charge is 0.478 e. The first-order valence-electron chi connectivity index (χ1n) is 5.17. The molecular formula is C11H9BrN2O5S. The molecule has 2 N–H and O–H groups in total. The van der Waals surface area contributed by atoms with Gasteiger partial charge in [-0.2, -0.15) is 5.26 Å². The van der Waals surface area contributed by atoms with E-state index >= 15 is 0 Å². The Bertz CT molecular complexity index is 693. The van der Waals surface area contributed by atoms with Crippen molar-refractivity contribution < 1.29 is 23.1 Å². The SMILES string of the molecule is N#CCNC(=O)CS(=O)(=O)c1ccc(Br)c(C(=O)O)c1. The highest BCUT2D eigenvalue weighted by Crippen LogP contribution is 2.21. The van der Waals surface area contributed by atoms with Gasteiger partial charge in [-0.05, 0) is 34.1 Å². The molecule has 20 heavy (non-hydrogen) atoms. The maximum absolute atomic E-state index is 11.9. The summed E-state index contributed by atoms with van der Waals surface area (Å²) >= 11 is 2.99. The van der Waals surface area contributed by atoms with Gasteiger partial charge in [0.15, 0.2) is 9.84 Å². The number of hydrogen-bond acceptors (Lipinski definition) is 5. The van der Waals surface area contributed by atoms with Crippen LogP contribution in [0.25, 0.3) is 0 Å². The van der Waals surface area contributed by atoms with Gasteiger partial charge >= 0.3 is 5.97 Å². The van der Waals surface area contributed by atoms with Gasteiger partial charge in [-0.15, -0.1) is 0 Å². The number of benzene rings is 1. The van der Waals surface area contributed by atoms with E-state index in [0.29, 0.717) is 0 Å². The number of hydrogen-bond donors (Lipinski definition) is 2. The summed E-state index contributed by atoms with van der Waals surface area (Å²) in [5, 5.41) is 19.3. The monoisotopic (exact) mass is 360 g/mol. The summed E-state index contributed by atoms with van der Waals surface area (Å²) in [6.07, 6.45) is 0. The van der Waals surface area contributed by atoms with Gasteiger partial charge < -0.3 is 10.4 Å². The van der Waals surface area contributed by atoms with Crippen LogP contribution in [-0.2, 0) is 14.6 Å². The number of aromatic carboxylic acids is 1. The molecule has 0 saturated heterocycles. The van der Waals surface area contributed by atoms with E-state index in [-0.39, 0.29) is 21.5 Å². The highest BCUT2D eigenvalue weighted by atomic mass is 79.9. The molecule has 0 bridgehead atoms. The molecule has 0 aliphatic rings. The zero-order chi connectivity index (χ0) is 15.3. The Balaban J connectivity index is 3.05. The number of sulfone groups is 1. The second kappa shape index (κ2) is 6.49. The van der Waals surface area contributed by atoms with E-state index in [1.807, 2.05) is 0 Å². The number of carbonyl (C=O) groups excluding carboxylic acids is 1. The van der Waals surface area contributed by atoms with Gasteiger partial charge in [0.25, 0.3) is 0 Å². The summed E-state index contributed by atoms with van der Waals surface area (Å²) in [6.45, 7) is -0.297. The van der Waals surface area contributed by atoms with Crippen LogP contribution in [0.2, 0.25) is 0 Å². The molecule has 0 atom stereocenters. The first-order valence-corrected chi connectivity index (χ1v) is 7.61. The van der Waals surface area contributed by atoms with Crippen LogP contribution in [0, 0.1) is 11.3 Å². The molecule has 0 radical (unpaired) electrons. The lowest BCUT2D eigenvalue weighted by molar-refractivity contribution is -0.118. The van der Waals surface area contributed by atoms with Crippen molar-refractivity contribution in [2.45, 2.75) is 4.90 Å². The molecule has 7 nitrogen and oxygen atoms in total. The molecule has 0 heterocycles. The third-order valence-electron chi connectivity index (χ3n) is 2.21. The third kappa shape index (κ3) is 4.04. The predicted octanol–water partition coefficient (Wildman–Crippen LogP) is 0.561. The maximum Gasteiger partial charge on any atom is 0.336 e. The van der Waals surface area contributed by atoms with Crippen molar-refractivity contribution in [1.82, 2.24) is 5.32 Å². The van der Waals surface area contributed by atoms with Crippen molar-refractivity contribution in [2.24, 2.45) is 0 Å². The summed E-state index contributed by atoms with van der Waals surface area (Å²) in [5.74, 6) is -2.97. The van der Waals surface area contributed by atoms with Crippen molar-refractivity contribution in [3.8, 4) is 6.07 Å². The summed E-state index contributed by atoms with van der Waals surface area (Å²) in [7, 11) is -3.97. The van der Waals surface area contributed by atoms with Crippen LogP contribution in [0.4, 0.5) is 0 Å². The molecule has 0 aliphatic heterocycles. The van der Waals surface area contributed by atoms with Crippen molar-refractivity contribution in [1.29, 1.82) is 5.26 Å². The fraction of sp³-hybridized carbons (Fsp3) is 0.182.